The SMILES string of the molecule is CCCCCc1oc(CCCCCCCCCCCCC(=O)OC[C@H](COP(=O)([O-])OCC[N+](C)(C)C)OC(=O)CCC/C=C\C/C=C\C/C=C\C/C=C\C=C\[C@H](O)CC)c(C)c1C. The number of aliphatic hydroxyl groups is 1. The maximum atomic E-state index is 12.7. The van der Waals surface area contributed by atoms with Gasteiger partial charge in [-0.25, -0.2) is 0 Å². The Morgan fingerprint density at radius 2 is 1.22 bits per heavy atom. The molecule has 1 rings (SSSR count). The smallest absolute Gasteiger partial charge is 0.306 e. The van der Waals surface area contributed by atoms with Gasteiger partial charge < -0.3 is 37.4 Å². The van der Waals surface area contributed by atoms with Gasteiger partial charge in [-0.3, -0.25) is 14.2 Å². The largest absolute Gasteiger partial charge is 0.756 e. The standard InChI is InChI=1S/C52H88NO10P/c1-8-10-31-37-49-45(3)46(4)50(63-49)38-33-28-24-20-17-18-21-25-29-34-39-51(55)59-43-48(44-61-64(57,58)60-42-41-53(5,6)7)62-52(56)40-35-30-26-22-16-14-12-11-13-15-19-23-27-32-36-47(54)9-2/h12-15,22-23,26-27,32,36,47-48,54H,8-11,16-21,24-25,28-31,33-35,37-44H2,1-7H3/b14-12-,15-13-,26-22-,27-23-,36-32+/t47-,48-/m1/s1. The molecule has 64 heavy (non-hydrogen) atoms. The van der Waals surface area contributed by atoms with Gasteiger partial charge in [0.1, 0.15) is 31.3 Å². The second-order valence-corrected chi connectivity index (χ2v) is 19.3. The molecule has 0 aliphatic rings. The Balaban J connectivity index is 2.34. The maximum Gasteiger partial charge on any atom is 0.306 e. The summed E-state index contributed by atoms with van der Waals surface area (Å²) in [5.41, 5.74) is 2.68. The summed E-state index contributed by atoms with van der Waals surface area (Å²) in [5, 5.41) is 9.50. The van der Waals surface area contributed by atoms with Crippen LogP contribution >= 0.6 is 7.82 Å². The van der Waals surface area contributed by atoms with Crippen LogP contribution in [0.4, 0.5) is 0 Å². The molecule has 0 radical (unpaired) electrons. The number of likely N-dealkylation sites (N-methyl/N-ethyl adjacent to an activating group) is 1. The molecular weight excluding hydrogens is 830 g/mol. The normalized spacial score (nSPS) is 14.5. The summed E-state index contributed by atoms with van der Waals surface area (Å²) in [6, 6.07) is 0. The Kier molecular flexibility index (Phi) is 34.2. The molecule has 1 aromatic heterocycles. The van der Waals surface area contributed by atoms with Crippen molar-refractivity contribution in [3.8, 4) is 0 Å². The Morgan fingerprint density at radius 3 is 1.80 bits per heavy atom. The number of unbranched alkanes of at least 4 members (excludes halogenated alkanes) is 12. The van der Waals surface area contributed by atoms with Crippen molar-refractivity contribution >= 4 is 19.8 Å². The first-order valence-corrected chi connectivity index (χ1v) is 25.9. The van der Waals surface area contributed by atoms with Crippen LogP contribution in [0.5, 0.6) is 0 Å². The number of nitrogens with zero attached hydrogens (tertiary/aromatic N) is 1. The van der Waals surface area contributed by atoms with Crippen LogP contribution in [-0.4, -0.2) is 81.2 Å². The number of esters is 2. The highest BCUT2D eigenvalue weighted by Crippen LogP contribution is 2.38. The molecule has 0 spiro atoms. The molecule has 0 aromatic carbocycles. The third-order valence-corrected chi connectivity index (χ3v) is 11.9. The van der Waals surface area contributed by atoms with Crippen molar-refractivity contribution in [1.29, 1.82) is 0 Å². The molecule has 12 heteroatoms. The third kappa shape index (κ3) is 33.4. The van der Waals surface area contributed by atoms with Gasteiger partial charge in [0, 0.05) is 25.7 Å². The average molecular weight is 918 g/mol. The highest BCUT2D eigenvalue weighted by Gasteiger charge is 2.22. The zero-order valence-corrected chi connectivity index (χ0v) is 41.9. The summed E-state index contributed by atoms with van der Waals surface area (Å²) in [6.07, 6.45) is 40.2. The number of allylic oxidation sites excluding steroid dienone is 9. The average Bonchev–Trinajstić information content (AvgIpc) is 3.51. The van der Waals surface area contributed by atoms with E-state index in [-0.39, 0.29) is 32.2 Å². The minimum atomic E-state index is -4.67. The van der Waals surface area contributed by atoms with E-state index in [4.69, 9.17) is 22.9 Å². The quantitative estimate of drug-likeness (QED) is 0.0169. The molecule has 1 unspecified atom stereocenters. The van der Waals surface area contributed by atoms with Gasteiger partial charge in [-0.15, -0.1) is 0 Å². The molecule has 0 saturated heterocycles. The molecule has 0 amide bonds. The van der Waals surface area contributed by atoms with Crippen LogP contribution in [0.1, 0.15) is 171 Å². The van der Waals surface area contributed by atoms with Crippen LogP contribution in [-0.2, 0) is 45.5 Å². The Hall–Kier alpha value is -3.05. The number of aryl methyl sites for hydroxylation is 2. The fourth-order valence-corrected chi connectivity index (χ4v) is 7.37. The molecule has 0 aliphatic carbocycles. The summed E-state index contributed by atoms with van der Waals surface area (Å²) < 4.78 is 40.2. The summed E-state index contributed by atoms with van der Waals surface area (Å²) in [4.78, 5) is 37.7. The lowest BCUT2D eigenvalue weighted by Crippen LogP contribution is -2.37. The lowest BCUT2D eigenvalue weighted by atomic mass is 10.0. The number of hydrogen-bond acceptors (Lipinski definition) is 10. The number of carbonyl (C=O) groups is 2. The van der Waals surface area contributed by atoms with Crippen molar-refractivity contribution in [3.63, 3.8) is 0 Å². The van der Waals surface area contributed by atoms with E-state index in [0.717, 1.165) is 51.4 Å². The van der Waals surface area contributed by atoms with Gasteiger partial charge in [-0.05, 0) is 82.8 Å². The van der Waals surface area contributed by atoms with Gasteiger partial charge in [-0.2, -0.15) is 0 Å². The van der Waals surface area contributed by atoms with E-state index in [2.05, 4.69) is 45.1 Å². The van der Waals surface area contributed by atoms with Crippen molar-refractivity contribution in [3.05, 3.63) is 83.4 Å². The van der Waals surface area contributed by atoms with E-state index in [9.17, 15) is 24.2 Å². The number of aliphatic hydroxyl groups excluding tert-OH is 1. The number of furan rings is 1. The van der Waals surface area contributed by atoms with Crippen LogP contribution in [0.3, 0.4) is 0 Å². The minimum Gasteiger partial charge on any atom is -0.756 e. The number of phosphoric acid groups is 1. The van der Waals surface area contributed by atoms with E-state index < -0.39 is 32.5 Å². The molecule has 0 saturated carbocycles. The molecule has 366 valence electrons. The van der Waals surface area contributed by atoms with E-state index in [1.807, 2.05) is 58.4 Å². The highest BCUT2D eigenvalue weighted by atomic mass is 31.2. The third-order valence-electron chi connectivity index (χ3n) is 10.9. The fraction of sp³-hybridized carbons (Fsp3) is 0.692. The lowest BCUT2D eigenvalue weighted by Gasteiger charge is -2.28. The highest BCUT2D eigenvalue weighted by molar-refractivity contribution is 7.45. The van der Waals surface area contributed by atoms with Crippen LogP contribution in [0.25, 0.3) is 0 Å². The van der Waals surface area contributed by atoms with Crippen LogP contribution < -0.4 is 4.89 Å². The van der Waals surface area contributed by atoms with Crippen molar-refractivity contribution in [2.24, 2.45) is 0 Å². The second kappa shape index (κ2) is 37.1. The molecule has 1 N–H and O–H groups in total. The molecule has 3 atom stereocenters. The Morgan fingerprint density at radius 1 is 0.688 bits per heavy atom. The van der Waals surface area contributed by atoms with Gasteiger partial charge in [0.2, 0.25) is 0 Å². The molecular formula is C52H88NO10P. The maximum absolute atomic E-state index is 12.7. The van der Waals surface area contributed by atoms with E-state index in [0.29, 0.717) is 36.7 Å². The predicted octanol–water partition coefficient (Wildman–Crippen LogP) is 12.0. The van der Waals surface area contributed by atoms with Crippen molar-refractivity contribution in [1.82, 2.24) is 0 Å². The van der Waals surface area contributed by atoms with Crippen LogP contribution in [0.2, 0.25) is 0 Å². The molecule has 0 fully saturated rings. The van der Waals surface area contributed by atoms with Gasteiger partial charge >= 0.3 is 11.9 Å². The van der Waals surface area contributed by atoms with Crippen molar-refractivity contribution < 1.29 is 51.6 Å². The Bertz CT molecular complexity index is 1570. The summed E-state index contributed by atoms with van der Waals surface area (Å²) >= 11 is 0. The van der Waals surface area contributed by atoms with Crippen LogP contribution in [0, 0.1) is 13.8 Å². The van der Waals surface area contributed by atoms with Crippen molar-refractivity contribution in [2.75, 3.05) is 47.5 Å². The van der Waals surface area contributed by atoms with Gasteiger partial charge in [0.15, 0.2) is 6.10 Å². The van der Waals surface area contributed by atoms with E-state index in [1.54, 1.807) is 6.08 Å². The number of hydrogen-bond donors (Lipinski definition) is 1. The monoisotopic (exact) mass is 918 g/mol. The lowest BCUT2D eigenvalue weighted by molar-refractivity contribution is -0.870. The summed E-state index contributed by atoms with van der Waals surface area (Å²) in [7, 11) is 1.08. The fourth-order valence-electron chi connectivity index (χ4n) is 6.64. The van der Waals surface area contributed by atoms with E-state index in [1.165, 1.54) is 80.4 Å². The van der Waals surface area contributed by atoms with Gasteiger partial charge in [-0.1, -0.05) is 139 Å². The molecule has 1 heterocycles. The molecule has 0 aliphatic heterocycles. The number of carbonyl (C=O) groups excluding carboxylic acids is 2. The Labute approximate surface area is 388 Å². The van der Waals surface area contributed by atoms with Crippen molar-refractivity contribution in [2.45, 2.75) is 188 Å². The minimum absolute atomic E-state index is 0.0560. The first kappa shape index (κ1) is 59.0. The van der Waals surface area contributed by atoms with Gasteiger partial charge in [0.05, 0.1) is 33.9 Å². The number of quaternary nitrogens is 1. The number of rotatable bonds is 40. The molecule has 11 nitrogen and oxygen atoms in total. The zero-order valence-electron chi connectivity index (χ0n) is 41.0. The second-order valence-electron chi connectivity index (χ2n) is 17.9. The topological polar surface area (TPSA) is 145 Å². The zero-order chi connectivity index (χ0) is 47.3. The first-order chi connectivity index (χ1) is 30.7. The number of phosphoric ester groups is 1. The summed E-state index contributed by atoms with van der Waals surface area (Å²) in [6.45, 7) is 8.15. The van der Waals surface area contributed by atoms with E-state index >= 15 is 0 Å². The van der Waals surface area contributed by atoms with Gasteiger partial charge in [0.25, 0.3) is 7.82 Å². The summed E-state index contributed by atoms with van der Waals surface area (Å²) in [5.74, 6) is 1.43. The molecule has 1 aromatic rings. The first-order valence-electron chi connectivity index (χ1n) is 24.5. The number of ether oxygens (including phenoxy) is 2. The predicted molar refractivity (Wildman–Crippen MR) is 259 cm³/mol. The molecule has 0 bridgehead atoms. The van der Waals surface area contributed by atoms with Crippen LogP contribution in [0.15, 0.2) is 65.2 Å².